The number of nitriles is 1. The average Bonchev–Trinajstić information content (AvgIpc) is 2.81. The SMILES string of the molecule is N#CCS(=O)(=O)NCCNC1CC1. The molecule has 0 aromatic carbocycles. The fraction of sp³-hybridized carbons (Fsp3) is 0.857. The minimum atomic E-state index is -3.36. The van der Waals surface area contributed by atoms with Crippen molar-refractivity contribution in [2.75, 3.05) is 18.8 Å². The summed E-state index contributed by atoms with van der Waals surface area (Å²) in [6, 6.07) is 2.18. The van der Waals surface area contributed by atoms with Crippen molar-refractivity contribution in [3.8, 4) is 6.07 Å². The van der Waals surface area contributed by atoms with Crippen molar-refractivity contribution >= 4 is 10.0 Å². The van der Waals surface area contributed by atoms with Crippen molar-refractivity contribution in [3.05, 3.63) is 0 Å². The molecule has 0 radical (unpaired) electrons. The molecule has 13 heavy (non-hydrogen) atoms. The lowest BCUT2D eigenvalue weighted by atomic mass is 10.6. The van der Waals surface area contributed by atoms with Crippen LogP contribution in [0.5, 0.6) is 0 Å². The summed E-state index contributed by atoms with van der Waals surface area (Å²) in [5.74, 6) is -0.462. The molecule has 6 heteroatoms. The van der Waals surface area contributed by atoms with E-state index in [1.54, 1.807) is 6.07 Å². The van der Waals surface area contributed by atoms with Crippen LogP contribution in [0.3, 0.4) is 0 Å². The Morgan fingerprint density at radius 1 is 1.38 bits per heavy atom. The molecule has 74 valence electrons. The van der Waals surface area contributed by atoms with Gasteiger partial charge < -0.3 is 5.32 Å². The van der Waals surface area contributed by atoms with Gasteiger partial charge in [0.15, 0.2) is 5.75 Å². The van der Waals surface area contributed by atoms with Crippen LogP contribution in [-0.4, -0.2) is 33.3 Å². The van der Waals surface area contributed by atoms with Crippen LogP contribution in [0.4, 0.5) is 0 Å². The second kappa shape index (κ2) is 4.56. The molecule has 0 spiro atoms. The van der Waals surface area contributed by atoms with E-state index in [0.29, 0.717) is 19.1 Å². The second-order valence-electron chi connectivity index (χ2n) is 3.04. The van der Waals surface area contributed by atoms with Gasteiger partial charge in [0.05, 0.1) is 6.07 Å². The highest BCUT2D eigenvalue weighted by atomic mass is 32.2. The lowest BCUT2D eigenvalue weighted by Crippen LogP contribution is -2.33. The molecule has 0 aromatic rings. The Bertz CT molecular complexity index is 289. The Hall–Kier alpha value is -0.640. The molecule has 0 atom stereocenters. The van der Waals surface area contributed by atoms with Crippen molar-refractivity contribution in [1.29, 1.82) is 5.26 Å². The molecule has 0 heterocycles. The Labute approximate surface area is 78.2 Å². The lowest BCUT2D eigenvalue weighted by Gasteiger charge is -2.03. The normalized spacial score (nSPS) is 16.8. The summed E-state index contributed by atoms with van der Waals surface area (Å²) in [7, 11) is -3.36. The number of sulfonamides is 1. The van der Waals surface area contributed by atoms with Gasteiger partial charge in [-0.25, -0.2) is 13.1 Å². The fourth-order valence-corrected chi connectivity index (χ4v) is 1.59. The van der Waals surface area contributed by atoms with E-state index in [2.05, 4.69) is 10.0 Å². The molecule has 0 aromatic heterocycles. The van der Waals surface area contributed by atoms with Crippen LogP contribution >= 0.6 is 0 Å². The van der Waals surface area contributed by atoms with E-state index < -0.39 is 15.8 Å². The molecule has 0 saturated heterocycles. The summed E-state index contributed by atoms with van der Waals surface area (Å²) in [6.07, 6.45) is 2.37. The molecule has 1 aliphatic rings. The van der Waals surface area contributed by atoms with E-state index in [-0.39, 0.29) is 0 Å². The van der Waals surface area contributed by atoms with E-state index in [1.807, 2.05) is 0 Å². The number of rotatable bonds is 6. The van der Waals surface area contributed by atoms with Gasteiger partial charge in [-0.2, -0.15) is 5.26 Å². The molecule has 2 N–H and O–H groups in total. The van der Waals surface area contributed by atoms with Gasteiger partial charge in [-0.15, -0.1) is 0 Å². The summed E-state index contributed by atoms with van der Waals surface area (Å²) < 4.78 is 24.2. The highest BCUT2D eigenvalue weighted by Crippen LogP contribution is 2.17. The minimum absolute atomic E-state index is 0.362. The summed E-state index contributed by atoms with van der Waals surface area (Å²) in [4.78, 5) is 0. The van der Waals surface area contributed by atoms with Gasteiger partial charge in [0.2, 0.25) is 10.0 Å². The summed E-state index contributed by atoms with van der Waals surface area (Å²) in [5, 5.41) is 11.3. The maximum atomic E-state index is 10.9. The molecule has 1 fully saturated rings. The first kappa shape index (κ1) is 10.4. The number of hydrogen-bond acceptors (Lipinski definition) is 4. The van der Waals surface area contributed by atoms with Crippen molar-refractivity contribution < 1.29 is 8.42 Å². The van der Waals surface area contributed by atoms with Gasteiger partial charge in [-0.05, 0) is 12.8 Å². The smallest absolute Gasteiger partial charge is 0.225 e. The Kier molecular flexibility index (Phi) is 3.66. The Morgan fingerprint density at radius 2 is 2.08 bits per heavy atom. The molecule has 5 nitrogen and oxygen atoms in total. The molecule has 0 bridgehead atoms. The maximum Gasteiger partial charge on any atom is 0.225 e. The third-order valence-electron chi connectivity index (χ3n) is 1.71. The molecule has 1 saturated carbocycles. The summed E-state index contributed by atoms with van der Waals surface area (Å²) >= 11 is 0. The van der Waals surface area contributed by atoms with Gasteiger partial charge >= 0.3 is 0 Å². The van der Waals surface area contributed by atoms with Crippen molar-refractivity contribution in [2.24, 2.45) is 0 Å². The summed E-state index contributed by atoms with van der Waals surface area (Å²) in [6.45, 7) is 0.996. The van der Waals surface area contributed by atoms with Crippen molar-refractivity contribution in [2.45, 2.75) is 18.9 Å². The number of nitrogens with zero attached hydrogens (tertiary/aromatic N) is 1. The molecular formula is C7H13N3O2S. The van der Waals surface area contributed by atoms with E-state index in [9.17, 15) is 8.42 Å². The van der Waals surface area contributed by atoms with E-state index in [0.717, 1.165) is 0 Å². The van der Waals surface area contributed by atoms with Crippen LogP contribution in [0, 0.1) is 11.3 Å². The fourth-order valence-electron chi connectivity index (χ4n) is 0.906. The van der Waals surface area contributed by atoms with Crippen LogP contribution in [-0.2, 0) is 10.0 Å². The van der Waals surface area contributed by atoms with Crippen LogP contribution in [0.15, 0.2) is 0 Å². The zero-order chi connectivity index (χ0) is 9.73. The predicted octanol–water partition coefficient (Wildman–Crippen LogP) is -0.819. The van der Waals surface area contributed by atoms with Gasteiger partial charge in [0.25, 0.3) is 0 Å². The predicted molar refractivity (Wildman–Crippen MR) is 48.4 cm³/mol. The van der Waals surface area contributed by atoms with E-state index in [1.165, 1.54) is 12.8 Å². The van der Waals surface area contributed by atoms with Crippen LogP contribution in [0.2, 0.25) is 0 Å². The molecule has 0 amide bonds. The molecule has 1 aliphatic carbocycles. The number of nitrogens with one attached hydrogen (secondary N) is 2. The lowest BCUT2D eigenvalue weighted by molar-refractivity contribution is 0.578. The van der Waals surface area contributed by atoms with Crippen LogP contribution in [0.25, 0.3) is 0 Å². The first-order chi connectivity index (χ1) is 6.14. The maximum absolute atomic E-state index is 10.9. The standard InChI is InChI=1S/C7H13N3O2S/c8-3-6-13(11,12)10-5-4-9-7-1-2-7/h7,9-10H,1-2,4-6H2. The van der Waals surface area contributed by atoms with E-state index in [4.69, 9.17) is 5.26 Å². The average molecular weight is 203 g/mol. The van der Waals surface area contributed by atoms with Crippen LogP contribution in [0.1, 0.15) is 12.8 Å². The number of hydrogen-bond donors (Lipinski definition) is 2. The third-order valence-corrected chi connectivity index (χ3v) is 2.86. The Balaban J connectivity index is 2.06. The first-order valence-corrected chi connectivity index (χ1v) is 5.87. The van der Waals surface area contributed by atoms with Gasteiger partial charge in [-0.3, -0.25) is 0 Å². The molecule has 0 unspecified atom stereocenters. The third kappa shape index (κ3) is 4.83. The molecule has 1 rings (SSSR count). The zero-order valence-electron chi connectivity index (χ0n) is 7.28. The first-order valence-electron chi connectivity index (χ1n) is 4.22. The quantitative estimate of drug-likeness (QED) is 0.553. The van der Waals surface area contributed by atoms with Gasteiger partial charge in [0.1, 0.15) is 0 Å². The summed E-state index contributed by atoms with van der Waals surface area (Å²) in [5.41, 5.74) is 0. The highest BCUT2D eigenvalue weighted by Gasteiger charge is 2.19. The largest absolute Gasteiger partial charge is 0.313 e. The minimum Gasteiger partial charge on any atom is -0.313 e. The monoisotopic (exact) mass is 203 g/mol. The van der Waals surface area contributed by atoms with E-state index >= 15 is 0 Å². The topological polar surface area (TPSA) is 82.0 Å². The second-order valence-corrected chi connectivity index (χ2v) is 4.85. The van der Waals surface area contributed by atoms with Gasteiger partial charge in [-0.1, -0.05) is 0 Å². The zero-order valence-corrected chi connectivity index (χ0v) is 8.10. The van der Waals surface area contributed by atoms with Crippen LogP contribution < -0.4 is 10.0 Å². The Morgan fingerprint density at radius 3 is 2.62 bits per heavy atom. The van der Waals surface area contributed by atoms with Crippen molar-refractivity contribution in [1.82, 2.24) is 10.0 Å². The molecular weight excluding hydrogens is 190 g/mol. The highest BCUT2D eigenvalue weighted by molar-refractivity contribution is 7.89. The van der Waals surface area contributed by atoms with Crippen molar-refractivity contribution in [3.63, 3.8) is 0 Å². The molecule has 0 aliphatic heterocycles. The van der Waals surface area contributed by atoms with Gasteiger partial charge in [0, 0.05) is 19.1 Å².